The molecule has 126 valence electrons. The molecule has 3 heterocycles. The van der Waals surface area contributed by atoms with Gasteiger partial charge in [0.25, 0.3) is 0 Å². The number of hydrogen-bond acceptors (Lipinski definition) is 5. The fraction of sp³-hybridized carbons (Fsp3) is 0.222. The summed E-state index contributed by atoms with van der Waals surface area (Å²) in [4.78, 5) is 16.7. The second kappa shape index (κ2) is 6.01. The van der Waals surface area contributed by atoms with Crippen LogP contribution in [-0.4, -0.2) is 30.3 Å². The molecule has 3 aromatic heterocycles. The number of imidazole rings is 1. The van der Waals surface area contributed by atoms with Gasteiger partial charge in [-0.1, -0.05) is 11.3 Å². The Bertz CT molecular complexity index is 1080. The number of pyridine rings is 1. The number of rotatable bonds is 4. The van der Waals surface area contributed by atoms with Gasteiger partial charge in [0.15, 0.2) is 0 Å². The van der Waals surface area contributed by atoms with Crippen molar-refractivity contribution in [3.63, 3.8) is 0 Å². The van der Waals surface area contributed by atoms with E-state index >= 15 is 0 Å². The van der Waals surface area contributed by atoms with Crippen LogP contribution in [0.5, 0.6) is 0 Å². The minimum absolute atomic E-state index is 0.124. The van der Waals surface area contributed by atoms with Crippen molar-refractivity contribution in [3.05, 3.63) is 59.5 Å². The highest BCUT2D eigenvalue weighted by atomic mass is 16.5. The third-order valence-electron chi connectivity index (χ3n) is 4.05. The van der Waals surface area contributed by atoms with Crippen LogP contribution in [0.4, 0.5) is 0 Å². The van der Waals surface area contributed by atoms with Crippen LogP contribution in [0, 0.1) is 6.92 Å². The number of benzene rings is 1. The maximum absolute atomic E-state index is 12.3. The van der Waals surface area contributed by atoms with E-state index in [1.165, 1.54) is 0 Å². The predicted octanol–water partition coefficient (Wildman–Crippen LogP) is 2.76. The summed E-state index contributed by atoms with van der Waals surface area (Å²) >= 11 is 0. The zero-order valence-corrected chi connectivity index (χ0v) is 14.0. The summed E-state index contributed by atoms with van der Waals surface area (Å²) in [5.74, 6) is -0.402. The lowest BCUT2D eigenvalue weighted by Crippen LogP contribution is -2.05. The summed E-state index contributed by atoms with van der Waals surface area (Å²) in [6, 6.07) is 9.20. The first-order valence-electron chi connectivity index (χ1n) is 8.08. The smallest absolute Gasteiger partial charge is 0.338 e. The van der Waals surface area contributed by atoms with E-state index in [-0.39, 0.29) is 6.61 Å². The highest BCUT2D eigenvalue weighted by molar-refractivity contribution is 5.93. The molecule has 0 aliphatic carbocycles. The number of aryl methyl sites for hydroxylation is 2. The Morgan fingerprint density at radius 1 is 1.20 bits per heavy atom. The van der Waals surface area contributed by atoms with Crippen LogP contribution in [-0.2, 0) is 17.9 Å². The monoisotopic (exact) mass is 335 g/mol. The van der Waals surface area contributed by atoms with Gasteiger partial charge in [0.2, 0.25) is 0 Å². The first-order chi connectivity index (χ1) is 12.1. The van der Waals surface area contributed by atoms with Crippen LogP contribution in [0.2, 0.25) is 0 Å². The van der Waals surface area contributed by atoms with E-state index in [0.717, 1.165) is 23.3 Å². The normalized spacial score (nSPS) is 11.3. The summed E-state index contributed by atoms with van der Waals surface area (Å²) in [7, 11) is 0. The van der Waals surface area contributed by atoms with Crippen molar-refractivity contribution in [2.24, 2.45) is 0 Å². The number of esters is 1. The molecule has 0 fully saturated rings. The van der Waals surface area contributed by atoms with Gasteiger partial charge >= 0.3 is 5.97 Å². The molecule has 4 aromatic rings. The summed E-state index contributed by atoms with van der Waals surface area (Å²) in [6.07, 6.45) is 3.85. The topological polar surface area (TPSA) is 74.3 Å². The van der Waals surface area contributed by atoms with Crippen LogP contribution in [0.15, 0.2) is 42.7 Å². The van der Waals surface area contributed by atoms with Crippen molar-refractivity contribution in [1.29, 1.82) is 0 Å². The quantitative estimate of drug-likeness (QED) is 0.536. The molecule has 0 saturated heterocycles. The van der Waals surface area contributed by atoms with Gasteiger partial charge in [0, 0.05) is 18.9 Å². The Morgan fingerprint density at radius 3 is 2.92 bits per heavy atom. The second-order valence-corrected chi connectivity index (χ2v) is 5.89. The van der Waals surface area contributed by atoms with Crippen molar-refractivity contribution in [1.82, 2.24) is 24.4 Å². The number of ether oxygens (including phenoxy) is 1. The van der Waals surface area contributed by atoms with Crippen molar-refractivity contribution in [2.45, 2.75) is 27.0 Å². The fourth-order valence-electron chi connectivity index (χ4n) is 2.78. The Morgan fingerprint density at radius 2 is 2.08 bits per heavy atom. The Labute approximate surface area is 143 Å². The molecule has 0 amide bonds. The summed E-state index contributed by atoms with van der Waals surface area (Å²) < 4.78 is 9.09. The van der Waals surface area contributed by atoms with Crippen LogP contribution < -0.4 is 0 Å². The summed E-state index contributed by atoms with van der Waals surface area (Å²) in [6.45, 7) is 4.86. The molecule has 1 aromatic carbocycles. The minimum Gasteiger partial charge on any atom is -0.456 e. The van der Waals surface area contributed by atoms with E-state index in [2.05, 4.69) is 15.3 Å². The molecule has 7 nitrogen and oxygen atoms in total. The van der Waals surface area contributed by atoms with Gasteiger partial charge in [-0.05, 0) is 43.7 Å². The number of carbonyl (C=O) groups is 1. The average Bonchev–Trinajstić information content (AvgIpc) is 3.21. The largest absolute Gasteiger partial charge is 0.456 e. The van der Waals surface area contributed by atoms with E-state index in [9.17, 15) is 4.79 Å². The molecule has 4 rings (SSSR count). The molecule has 0 aliphatic rings. The van der Waals surface area contributed by atoms with Crippen LogP contribution in [0.3, 0.4) is 0 Å². The molecule has 0 saturated carbocycles. The molecule has 0 atom stereocenters. The molecular formula is C18H17N5O2. The lowest BCUT2D eigenvalue weighted by molar-refractivity contribution is 0.0468. The molecule has 0 N–H and O–H groups in total. The van der Waals surface area contributed by atoms with Gasteiger partial charge in [0.1, 0.15) is 17.8 Å². The van der Waals surface area contributed by atoms with Crippen molar-refractivity contribution in [2.75, 3.05) is 0 Å². The maximum Gasteiger partial charge on any atom is 0.338 e. The van der Waals surface area contributed by atoms with E-state index in [0.29, 0.717) is 16.8 Å². The highest BCUT2D eigenvalue weighted by Crippen LogP contribution is 2.15. The van der Waals surface area contributed by atoms with E-state index < -0.39 is 5.97 Å². The number of hydrogen-bond donors (Lipinski definition) is 0. The molecule has 0 bridgehead atoms. The van der Waals surface area contributed by atoms with Crippen LogP contribution in [0.25, 0.3) is 16.7 Å². The van der Waals surface area contributed by atoms with E-state index in [1.807, 2.05) is 48.8 Å². The summed E-state index contributed by atoms with van der Waals surface area (Å²) in [5, 5.41) is 8.12. The number of carbonyl (C=O) groups excluding carboxylic acids is 1. The minimum atomic E-state index is -0.402. The number of aromatic nitrogens is 5. The van der Waals surface area contributed by atoms with Crippen molar-refractivity contribution < 1.29 is 9.53 Å². The van der Waals surface area contributed by atoms with Gasteiger partial charge in [-0.25, -0.2) is 14.5 Å². The Hall–Kier alpha value is -3.22. The van der Waals surface area contributed by atoms with E-state index in [4.69, 9.17) is 4.74 Å². The predicted molar refractivity (Wildman–Crippen MR) is 92.3 cm³/mol. The standard InChI is InChI=1S/C18H17N5O2/c1-3-23-16-6-5-13(8-15(16)20-21-23)18(24)25-11-14-10-22-9-12(2)4-7-17(22)19-14/h4-10H,3,11H2,1-2H3. The molecule has 0 aliphatic heterocycles. The molecule has 0 spiro atoms. The fourth-order valence-corrected chi connectivity index (χ4v) is 2.78. The number of fused-ring (bicyclic) bond motifs is 2. The van der Waals surface area contributed by atoms with Crippen LogP contribution in [0.1, 0.15) is 28.5 Å². The van der Waals surface area contributed by atoms with Gasteiger partial charge in [-0.15, -0.1) is 5.10 Å². The third-order valence-corrected chi connectivity index (χ3v) is 4.05. The molecule has 25 heavy (non-hydrogen) atoms. The van der Waals surface area contributed by atoms with E-state index in [1.54, 1.807) is 16.8 Å². The average molecular weight is 335 g/mol. The molecule has 7 heteroatoms. The van der Waals surface area contributed by atoms with Crippen molar-refractivity contribution >= 4 is 22.6 Å². The SMILES string of the molecule is CCn1nnc2cc(C(=O)OCc3cn4cc(C)ccc4n3)ccc21. The molecule has 0 radical (unpaired) electrons. The van der Waals surface area contributed by atoms with Gasteiger partial charge in [-0.3, -0.25) is 0 Å². The lowest BCUT2D eigenvalue weighted by Gasteiger charge is -2.03. The number of nitrogens with zero attached hydrogens (tertiary/aromatic N) is 5. The maximum atomic E-state index is 12.3. The molecule has 0 unspecified atom stereocenters. The second-order valence-electron chi connectivity index (χ2n) is 5.89. The zero-order valence-electron chi connectivity index (χ0n) is 14.0. The Balaban J connectivity index is 1.51. The third kappa shape index (κ3) is 2.84. The Kier molecular flexibility index (Phi) is 3.68. The van der Waals surface area contributed by atoms with Gasteiger partial charge in [-0.2, -0.15) is 0 Å². The lowest BCUT2D eigenvalue weighted by atomic mass is 10.2. The first-order valence-corrected chi connectivity index (χ1v) is 8.08. The van der Waals surface area contributed by atoms with Crippen LogP contribution >= 0.6 is 0 Å². The van der Waals surface area contributed by atoms with Gasteiger partial charge in [0.05, 0.1) is 16.8 Å². The van der Waals surface area contributed by atoms with Gasteiger partial charge < -0.3 is 9.14 Å². The zero-order chi connectivity index (χ0) is 17.4. The van der Waals surface area contributed by atoms with Crippen molar-refractivity contribution in [3.8, 4) is 0 Å². The molecular weight excluding hydrogens is 318 g/mol. The summed E-state index contributed by atoms with van der Waals surface area (Å²) in [5.41, 5.74) is 4.71. The highest BCUT2D eigenvalue weighted by Gasteiger charge is 2.12. The first kappa shape index (κ1) is 15.3.